The smallest absolute Gasteiger partial charge is 0.347 e. The second-order valence-electron chi connectivity index (χ2n) is 5.70. The molecule has 1 aliphatic rings. The highest BCUT2D eigenvalue weighted by Crippen LogP contribution is 2.20. The SMILES string of the molecule is COC(=O)[C@H]1C[C@H](O)CN1C(=O)CCn1c(C)cc(C)nc1=O. The molecule has 8 heteroatoms. The Morgan fingerprint density at radius 1 is 1.43 bits per heavy atom. The van der Waals surface area contributed by atoms with Gasteiger partial charge in [0, 0.05) is 37.3 Å². The van der Waals surface area contributed by atoms with Crippen molar-refractivity contribution < 1.29 is 19.4 Å². The van der Waals surface area contributed by atoms with Crippen LogP contribution in [-0.2, 0) is 20.9 Å². The van der Waals surface area contributed by atoms with Gasteiger partial charge in [0.05, 0.1) is 13.2 Å². The van der Waals surface area contributed by atoms with Crippen LogP contribution in [0.25, 0.3) is 0 Å². The van der Waals surface area contributed by atoms with Gasteiger partial charge in [-0.3, -0.25) is 9.36 Å². The van der Waals surface area contributed by atoms with Crippen molar-refractivity contribution >= 4 is 11.9 Å². The Kier molecular flexibility index (Phi) is 5.15. The Bertz CT molecular complexity index is 670. The van der Waals surface area contributed by atoms with Gasteiger partial charge >= 0.3 is 11.7 Å². The molecule has 8 nitrogen and oxygen atoms in total. The number of amides is 1. The first kappa shape index (κ1) is 17.1. The highest BCUT2D eigenvalue weighted by atomic mass is 16.5. The summed E-state index contributed by atoms with van der Waals surface area (Å²) in [4.78, 5) is 41.1. The third-order valence-corrected chi connectivity index (χ3v) is 3.97. The summed E-state index contributed by atoms with van der Waals surface area (Å²) in [6.07, 6.45) is -0.525. The van der Waals surface area contributed by atoms with E-state index in [1.54, 1.807) is 19.9 Å². The zero-order valence-electron chi connectivity index (χ0n) is 13.5. The zero-order chi connectivity index (χ0) is 17.1. The molecule has 1 aromatic heterocycles. The Morgan fingerprint density at radius 3 is 2.74 bits per heavy atom. The number of aliphatic hydroxyl groups is 1. The summed E-state index contributed by atoms with van der Waals surface area (Å²) >= 11 is 0. The van der Waals surface area contributed by atoms with Crippen molar-refractivity contribution in [3.8, 4) is 0 Å². The van der Waals surface area contributed by atoms with Gasteiger partial charge in [-0.2, -0.15) is 4.98 Å². The van der Waals surface area contributed by atoms with E-state index in [9.17, 15) is 19.5 Å². The van der Waals surface area contributed by atoms with Crippen LogP contribution in [0, 0.1) is 13.8 Å². The number of hydrogen-bond donors (Lipinski definition) is 1. The quantitative estimate of drug-likeness (QED) is 0.741. The number of methoxy groups -OCH3 is 1. The van der Waals surface area contributed by atoms with Crippen LogP contribution in [0.3, 0.4) is 0 Å². The van der Waals surface area contributed by atoms with Gasteiger partial charge in [0.25, 0.3) is 0 Å². The van der Waals surface area contributed by atoms with Crippen LogP contribution >= 0.6 is 0 Å². The van der Waals surface area contributed by atoms with Gasteiger partial charge in [0.15, 0.2) is 0 Å². The highest BCUT2D eigenvalue weighted by molar-refractivity contribution is 5.85. The van der Waals surface area contributed by atoms with E-state index < -0.39 is 23.8 Å². The molecule has 0 bridgehead atoms. The summed E-state index contributed by atoms with van der Waals surface area (Å²) in [5.41, 5.74) is 0.950. The number of aliphatic hydroxyl groups excluding tert-OH is 1. The first-order valence-electron chi connectivity index (χ1n) is 7.44. The van der Waals surface area contributed by atoms with Gasteiger partial charge in [-0.05, 0) is 19.9 Å². The average molecular weight is 323 g/mol. The second-order valence-corrected chi connectivity index (χ2v) is 5.70. The number of nitrogens with zero attached hydrogens (tertiary/aromatic N) is 3. The monoisotopic (exact) mass is 323 g/mol. The van der Waals surface area contributed by atoms with Crippen molar-refractivity contribution in [3.63, 3.8) is 0 Å². The van der Waals surface area contributed by atoms with Crippen LogP contribution in [0.15, 0.2) is 10.9 Å². The number of carbonyl (C=O) groups excluding carboxylic acids is 2. The molecule has 0 saturated carbocycles. The van der Waals surface area contributed by atoms with E-state index >= 15 is 0 Å². The average Bonchev–Trinajstić information content (AvgIpc) is 2.87. The van der Waals surface area contributed by atoms with Gasteiger partial charge in [-0.15, -0.1) is 0 Å². The number of likely N-dealkylation sites (tertiary alicyclic amines) is 1. The summed E-state index contributed by atoms with van der Waals surface area (Å²) < 4.78 is 6.09. The minimum Gasteiger partial charge on any atom is -0.467 e. The molecule has 1 N–H and O–H groups in total. The third kappa shape index (κ3) is 3.76. The molecular weight excluding hydrogens is 302 g/mol. The Morgan fingerprint density at radius 2 is 2.13 bits per heavy atom. The molecule has 2 atom stereocenters. The fourth-order valence-electron chi connectivity index (χ4n) is 2.85. The molecule has 1 fully saturated rings. The number of aryl methyl sites for hydroxylation is 2. The summed E-state index contributed by atoms with van der Waals surface area (Å²) in [5, 5.41) is 9.70. The normalized spacial score (nSPS) is 20.6. The van der Waals surface area contributed by atoms with Gasteiger partial charge < -0.3 is 14.7 Å². The topological polar surface area (TPSA) is 102 Å². The molecule has 0 aliphatic carbocycles. The molecule has 0 radical (unpaired) electrons. The summed E-state index contributed by atoms with van der Waals surface area (Å²) in [6.45, 7) is 3.78. The Hall–Kier alpha value is -2.22. The summed E-state index contributed by atoms with van der Waals surface area (Å²) in [7, 11) is 1.25. The summed E-state index contributed by atoms with van der Waals surface area (Å²) in [6, 6.07) is 0.999. The molecule has 2 heterocycles. The van der Waals surface area contributed by atoms with E-state index in [1.807, 2.05) is 0 Å². The van der Waals surface area contributed by atoms with Gasteiger partial charge in [-0.1, -0.05) is 0 Å². The molecule has 0 spiro atoms. The lowest BCUT2D eigenvalue weighted by Gasteiger charge is -2.22. The maximum Gasteiger partial charge on any atom is 0.347 e. The maximum absolute atomic E-state index is 12.4. The van der Waals surface area contributed by atoms with E-state index in [-0.39, 0.29) is 31.8 Å². The highest BCUT2D eigenvalue weighted by Gasteiger charge is 2.39. The van der Waals surface area contributed by atoms with Crippen molar-refractivity contribution in [2.45, 2.75) is 45.4 Å². The van der Waals surface area contributed by atoms with Gasteiger partial charge in [0.2, 0.25) is 5.91 Å². The van der Waals surface area contributed by atoms with Crippen LogP contribution in [0.1, 0.15) is 24.2 Å². The lowest BCUT2D eigenvalue weighted by atomic mass is 10.2. The minimum absolute atomic E-state index is 0.0473. The third-order valence-electron chi connectivity index (χ3n) is 3.97. The van der Waals surface area contributed by atoms with Gasteiger partial charge in [-0.25, -0.2) is 9.59 Å². The minimum atomic E-state index is -0.767. The predicted molar refractivity (Wildman–Crippen MR) is 80.7 cm³/mol. The van der Waals surface area contributed by atoms with Crippen molar-refractivity contribution in [1.29, 1.82) is 0 Å². The van der Waals surface area contributed by atoms with E-state index in [0.29, 0.717) is 5.69 Å². The molecule has 126 valence electrons. The Balaban J connectivity index is 2.07. The lowest BCUT2D eigenvalue weighted by molar-refractivity contribution is -0.151. The fourth-order valence-corrected chi connectivity index (χ4v) is 2.85. The van der Waals surface area contributed by atoms with E-state index in [0.717, 1.165) is 5.69 Å². The van der Waals surface area contributed by atoms with Crippen molar-refractivity contribution in [2.75, 3.05) is 13.7 Å². The predicted octanol–water partition coefficient (Wildman–Crippen LogP) is -0.615. The van der Waals surface area contributed by atoms with Crippen LogP contribution in [0.4, 0.5) is 0 Å². The zero-order valence-corrected chi connectivity index (χ0v) is 13.5. The van der Waals surface area contributed by atoms with Crippen LogP contribution in [0.2, 0.25) is 0 Å². The number of β-amino-alcohol motifs (C(OH)–C–C–N with tert-alkyl or cyclic N) is 1. The molecular formula is C15H21N3O5. The summed E-state index contributed by atoms with van der Waals surface area (Å²) in [5.74, 6) is -0.843. The molecule has 1 aliphatic heterocycles. The van der Waals surface area contributed by atoms with Crippen molar-refractivity contribution in [3.05, 3.63) is 27.9 Å². The van der Waals surface area contributed by atoms with Crippen LogP contribution in [-0.4, -0.2) is 57.2 Å². The molecule has 1 amide bonds. The largest absolute Gasteiger partial charge is 0.467 e. The van der Waals surface area contributed by atoms with E-state index in [1.165, 1.54) is 16.6 Å². The number of hydrogen-bond acceptors (Lipinski definition) is 6. The number of esters is 1. The van der Waals surface area contributed by atoms with E-state index in [2.05, 4.69) is 9.72 Å². The number of carbonyl (C=O) groups is 2. The van der Waals surface area contributed by atoms with Gasteiger partial charge in [0.1, 0.15) is 6.04 Å². The molecule has 0 unspecified atom stereocenters. The maximum atomic E-state index is 12.4. The molecule has 23 heavy (non-hydrogen) atoms. The van der Waals surface area contributed by atoms with Crippen LogP contribution in [0.5, 0.6) is 0 Å². The van der Waals surface area contributed by atoms with Crippen molar-refractivity contribution in [1.82, 2.24) is 14.5 Å². The number of ether oxygens (including phenoxy) is 1. The fraction of sp³-hybridized carbons (Fsp3) is 0.600. The first-order chi connectivity index (χ1) is 10.8. The standard InChI is InChI=1S/C15H21N3O5/c1-9-6-10(2)17(15(22)16-9)5-4-13(20)18-8-11(19)7-12(18)14(21)23-3/h6,11-12,19H,4-5,7-8H2,1-3H3/t11-,12+/m0/s1. The Labute approximate surface area is 133 Å². The van der Waals surface area contributed by atoms with Crippen LogP contribution < -0.4 is 5.69 Å². The first-order valence-corrected chi connectivity index (χ1v) is 7.44. The molecule has 1 aromatic rings. The lowest BCUT2D eigenvalue weighted by Crippen LogP contribution is -2.42. The van der Waals surface area contributed by atoms with E-state index in [4.69, 9.17) is 0 Å². The molecule has 0 aromatic carbocycles. The number of aromatic nitrogens is 2. The van der Waals surface area contributed by atoms with Crippen molar-refractivity contribution in [2.24, 2.45) is 0 Å². The second kappa shape index (κ2) is 6.91. The number of rotatable bonds is 4. The molecule has 2 rings (SSSR count). The molecule has 1 saturated heterocycles.